The van der Waals surface area contributed by atoms with E-state index in [0.717, 1.165) is 30.7 Å². The van der Waals surface area contributed by atoms with Crippen LogP contribution >= 0.6 is 23.5 Å². The van der Waals surface area contributed by atoms with Crippen LogP contribution in [0.15, 0.2) is 42.5 Å². The molecular weight excluding hydrogens is 418 g/mol. The second kappa shape index (κ2) is 7.74. The largest absolute Gasteiger partial charge is 0.497 e. The number of urea groups is 1. The quantitative estimate of drug-likeness (QED) is 0.716. The van der Waals surface area contributed by atoms with E-state index in [9.17, 15) is 9.59 Å². The van der Waals surface area contributed by atoms with Crippen molar-refractivity contribution in [2.45, 2.75) is 23.0 Å². The summed E-state index contributed by atoms with van der Waals surface area (Å²) in [5.41, 5.74) is 3.06. The maximum absolute atomic E-state index is 13.0. The average Bonchev–Trinajstić information content (AvgIpc) is 3.32. The summed E-state index contributed by atoms with van der Waals surface area (Å²) in [6.45, 7) is 0.773. The van der Waals surface area contributed by atoms with E-state index in [4.69, 9.17) is 4.74 Å². The first-order chi connectivity index (χ1) is 14.6. The molecule has 8 heteroatoms. The summed E-state index contributed by atoms with van der Waals surface area (Å²) in [5.74, 6) is 3.15. The van der Waals surface area contributed by atoms with Crippen LogP contribution < -0.4 is 15.4 Å². The highest BCUT2D eigenvalue weighted by molar-refractivity contribution is 8.21. The minimum atomic E-state index is -0.324. The van der Waals surface area contributed by atoms with Gasteiger partial charge < -0.3 is 20.3 Å². The highest BCUT2D eigenvalue weighted by Gasteiger charge is 2.49. The van der Waals surface area contributed by atoms with Gasteiger partial charge in [0.2, 0.25) is 0 Å². The number of anilines is 2. The van der Waals surface area contributed by atoms with E-state index < -0.39 is 0 Å². The van der Waals surface area contributed by atoms with Crippen molar-refractivity contribution in [3.05, 3.63) is 53.6 Å². The summed E-state index contributed by atoms with van der Waals surface area (Å²) in [5, 5.41) is 5.83. The summed E-state index contributed by atoms with van der Waals surface area (Å²) < 4.78 is 5.35. The Morgan fingerprint density at radius 1 is 1.13 bits per heavy atom. The molecule has 3 amide bonds. The molecule has 1 atom stereocenters. The van der Waals surface area contributed by atoms with Crippen LogP contribution in [0.4, 0.5) is 16.2 Å². The molecule has 5 rings (SSSR count). The summed E-state index contributed by atoms with van der Waals surface area (Å²) >= 11 is 4.06. The van der Waals surface area contributed by atoms with Crippen molar-refractivity contribution in [1.29, 1.82) is 0 Å². The fraction of sp³-hybridized carbons (Fsp3) is 0.364. The third kappa shape index (κ3) is 3.41. The third-order valence-corrected chi connectivity index (χ3v) is 9.53. The van der Waals surface area contributed by atoms with Crippen molar-refractivity contribution in [3.63, 3.8) is 0 Å². The number of nitrogens with zero attached hydrogens (tertiary/aromatic N) is 1. The SMILES string of the molecule is COc1ccc(NC(=O)Nc2cccc3c2C2CC4(CCN2C3=O)SCCS4)cc1. The highest BCUT2D eigenvalue weighted by Crippen LogP contribution is 2.57. The normalized spacial score (nSPS) is 21.3. The predicted molar refractivity (Wildman–Crippen MR) is 123 cm³/mol. The second-order valence-corrected chi connectivity index (χ2v) is 10.9. The Balaban J connectivity index is 1.38. The summed E-state index contributed by atoms with van der Waals surface area (Å²) in [6, 6.07) is 12.5. The first-order valence-electron chi connectivity index (χ1n) is 10.0. The Bertz CT molecular complexity index is 990. The van der Waals surface area contributed by atoms with Gasteiger partial charge in [0.05, 0.1) is 17.2 Å². The zero-order valence-electron chi connectivity index (χ0n) is 16.6. The van der Waals surface area contributed by atoms with Crippen molar-refractivity contribution >= 4 is 46.8 Å². The van der Waals surface area contributed by atoms with E-state index in [0.29, 0.717) is 16.9 Å². The number of ether oxygens (including phenoxy) is 1. The Hall–Kier alpha value is -2.32. The average molecular weight is 442 g/mol. The molecule has 156 valence electrons. The van der Waals surface area contributed by atoms with E-state index in [1.54, 1.807) is 31.4 Å². The molecule has 1 spiro atoms. The number of rotatable bonds is 3. The molecule has 0 radical (unpaired) electrons. The minimum absolute atomic E-state index is 0.0248. The van der Waals surface area contributed by atoms with E-state index in [2.05, 4.69) is 10.6 Å². The van der Waals surface area contributed by atoms with Crippen molar-refractivity contribution in [1.82, 2.24) is 4.90 Å². The molecule has 0 bridgehead atoms. The Kier molecular flexibility index (Phi) is 5.06. The van der Waals surface area contributed by atoms with Crippen LogP contribution in [-0.4, -0.2) is 46.1 Å². The van der Waals surface area contributed by atoms with Gasteiger partial charge in [-0.15, -0.1) is 23.5 Å². The van der Waals surface area contributed by atoms with Gasteiger partial charge in [-0.3, -0.25) is 4.79 Å². The monoisotopic (exact) mass is 441 g/mol. The maximum Gasteiger partial charge on any atom is 0.323 e. The number of piperidine rings is 1. The van der Waals surface area contributed by atoms with Crippen LogP contribution in [0.25, 0.3) is 0 Å². The molecule has 30 heavy (non-hydrogen) atoms. The predicted octanol–water partition coefficient (Wildman–Crippen LogP) is 4.81. The Morgan fingerprint density at radius 2 is 1.90 bits per heavy atom. The van der Waals surface area contributed by atoms with Gasteiger partial charge in [0.1, 0.15) is 5.75 Å². The van der Waals surface area contributed by atoms with Gasteiger partial charge in [-0.2, -0.15) is 0 Å². The zero-order chi connectivity index (χ0) is 20.7. The lowest BCUT2D eigenvalue weighted by molar-refractivity contribution is 0.0669. The van der Waals surface area contributed by atoms with Crippen LogP contribution in [0, 0.1) is 0 Å². The van der Waals surface area contributed by atoms with Crippen LogP contribution in [-0.2, 0) is 0 Å². The van der Waals surface area contributed by atoms with E-state index in [1.165, 1.54) is 11.5 Å². The number of nitrogens with one attached hydrogen (secondary N) is 2. The lowest BCUT2D eigenvalue weighted by Gasteiger charge is -2.41. The number of hydrogen-bond donors (Lipinski definition) is 2. The molecule has 3 heterocycles. The molecule has 0 aliphatic carbocycles. The molecule has 0 aromatic heterocycles. The van der Waals surface area contributed by atoms with Crippen molar-refractivity contribution in [2.24, 2.45) is 0 Å². The third-order valence-electron chi connectivity index (χ3n) is 5.95. The van der Waals surface area contributed by atoms with Gasteiger partial charge in [-0.1, -0.05) is 6.07 Å². The lowest BCUT2D eigenvalue weighted by Crippen LogP contribution is -2.41. The molecule has 2 aromatic carbocycles. The van der Waals surface area contributed by atoms with Gasteiger partial charge in [0, 0.05) is 40.6 Å². The van der Waals surface area contributed by atoms with E-state index >= 15 is 0 Å². The smallest absolute Gasteiger partial charge is 0.323 e. The van der Waals surface area contributed by atoms with Gasteiger partial charge in [0.25, 0.3) is 5.91 Å². The standard InChI is InChI=1S/C22H23N3O3S2/c1-28-15-7-5-14(6-8-15)23-21(27)24-17-4-2-3-16-19(17)18-13-22(29-11-12-30-22)9-10-25(18)20(16)26/h2-8,18H,9-13H2,1H3,(H2,23,24,27). The van der Waals surface area contributed by atoms with Gasteiger partial charge in [-0.25, -0.2) is 4.79 Å². The number of benzene rings is 2. The number of carbonyl (C=O) groups is 2. The number of amides is 3. The van der Waals surface area contributed by atoms with Crippen molar-refractivity contribution in [2.75, 3.05) is 35.8 Å². The maximum atomic E-state index is 13.0. The molecule has 0 saturated carbocycles. The minimum Gasteiger partial charge on any atom is -0.497 e. The van der Waals surface area contributed by atoms with E-state index in [-0.39, 0.29) is 22.1 Å². The molecule has 2 aromatic rings. The number of carbonyl (C=O) groups excluding carboxylic acids is 2. The molecule has 6 nitrogen and oxygen atoms in total. The van der Waals surface area contributed by atoms with Gasteiger partial charge in [-0.05, 0) is 49.2 Å². The molecule has 3 aliphatic heterocycles. The number of fused-ring (bicyclic) bond motifs is 3. The molecular formula is C22H23N3O3S2. The zero-order valence-corrected chi connectivity index (χ0v) is 18.3. The summed E-state index contributed by atoms with van der Waals surface area (Å²) in [7, 11) is 1.60. The Morgan fingerprint density at radius 3 is 2.63 bits per heavy atom. The number of hydrogen-bond acceptors (Lipinski definition) is 5. The Labute approximate surface area is 184 Å². The molecule has 2 fully saturated rings. The van der Waals surface area contributed by atoms with Crippen LogP contribution in [0.5, 0.6) is 5.75 Å². The summed E-state index contributed by atoms with van der Waals surface area (Å²) in [6.07, 6.45) is 1.96. The van der Waals surface area contributed by atoms with Crippen LogP contribution in [0.1, 0.15) is 34.8 Å². The lowest BCUT2D eigenvalue weighted by atomic mass is 9.95. The molecule has 2 saturated heterocycles. The molecule has 3 aliphatic rings. The number of thioether (sulfide) groups is 2. The van der Waals surface area contributed by atoms with Crippen LogP contribution in [0.3, 0.4) is 0 Å². The molecule has 1 unspecified atom stereocenters. The van der Waals surface area contributed by atoms with Crippen molar-refractivity contribution in [3.8, 4) is 5.75 Å². The number of methoxy groups -OCH3 is 1. The van der Waals surface area contributed by atoms with Gasteiger partial charge in [0.15, 0.2) is 0 Å². The van der Waals surface area contributed by atoms with Gasteiger partial charge >= 0.3 is 6.03 Å². The first kappa shape index (κ1) is 19.6. The topological polar surface area (TPSA) is 70.7 Å². The second-order valence-electron chi connectivity index (χ2n) is 7.65. The fourth-order valence-electron chi connectivity index (χ4n) is 4.55. The highest BCUT2D eigenvalue weighted by atomic mass is 32.2. The molecule has 2 N–H and O–H groups in total. The van der Waals surface area contributed by atoms with Crippen LogP contribution in [0.2, 0.25) is 0 Å². The van der Waals surface area contributed by atoms with E-state index in [1.807, 2.05) is 46.6 Å². The first-order valence-corrected chi connectivity index (χ1v) is 12.0. The fourth-order valence-corrected chi connectivity index (χ4v) is 7.81. The summed E-state index contributed by atoms with van der Waals surface area (Å²) in [4.78, 5) is 27.7. The van der Waals surface area contributed by atoms with Crippen molar-refractivity contribution < 1.29 is 14.3 Å².